The molecular formula is C13H18ClN3O. The Hall–Kier alpha value is -1.26. The molecule has 2 heterocycles. The van der Waals surface area contributed by atoms with Gasteiger partial charge in [-0.3, -0.25) is 4.68 Å². The Morgan fingerprint density at radius 2 is 2.28 bits per heavy atom. The van der Waals surface area contributed by atoms with Crippen LogP contribution in [-0.4, -0.2) is 9.78 Å². The quantitative estimate of drug-likeness (QED) is 0.927. The van der Waals surface area contributed by atoms with Crippen LogP contribution in [0.3, 0.4) is 0 Å². The van der Waals surface area contributed by atoms with E-state index in [0.717, 1.165) is 34.2 Å². The van der Waals surface area contributed by atoms with Crippen LogP contribution in [0.15, 0.2) is 16.7 Å². The molecule has 2 rings (SSSR count). The van der Waals surface area contributed by atoms with Crippen LogP contribution in [-0.2, 0) is 19.9 Å². The summed E-state index contributed by atoms with van der Waals surface area (Å²) >= 11 is 6.31. The standard InChI is InChI=1S/C13H18ClN3O/c1-4-11-13(14)12(17(3)16-11)7-10(15)9-5-6-18-8(9)2/h5-6,10H,4,7,15H2,1-3H3. The van der Waals surface area contributed by atoms with Gasteiger partial charge in [-0.05, 0) is 19.4 Å². The Kier molecular flexibility index (Phi) is 3.78. The average molecular weight is 268 g/mol. The third-order valence-corrected chi connectivity index (χ3v) is 3.65. The fourth-order valence-electron chi connectivity index (χ4n) is 2.14. The van der Waals surface area contributed by atoms with Crippen LogP contribution >= 0.6 is 11.6 Å². The molecule has 0 saturated carbocycles. The molecule has 0 amide bonds. The second kappa shape index (κ2) is 5.16. The van der Waals surface area contributed by atoms with Gasteiger partial charge in [-0.1, -0.05) is 18.5 Å². The van der Waals surface area contributed by atoms with Crippen LogP contribution in [0, 0.1) is 6.92 Å². The maximum absolute atomic E-state index is 6.31. The molecular weight excluding hydrogens is 250 g/mol. The minimum Gasteiger partial charge on any atom is -0.469 e. The normalized spacial score (nSPS) is 12.9. The largest absolute Gasteiger partial charge is 0.469 e. The first-order valence-electron chi connectivity index (χ1n) is 6.04. The van der Waals surface area contributed by atoms with Gasteiger partial charge >= 0.3 is 0 Å². The smallest absolute Gasteiger partial charge is 0.105 e. The van der Waals surface area contributed by atoms with Gasteiger partial charge in [0.1, 0.15) is 5.76 Å². The second-order valence-corrected chi connectivity index (χ2v) is 4.81. The number of aromatic nitrogens is 2. The van der Waals surface area contributed by atoms with Crippen molar-refractivity contribution in [1.82, 2.24) is 9.78 Å². The summed E-state index contributed by atoms with van der Waals surface area (Å²) in [7, 11) is 1.90. The number of nitrogens with two attached hydrogens (primary N) is 1. The van der Waals surface area contributed by atoms with E-state index in [4.69, 9.17) is 21.8 Å². The number of hydrogen-bond acceptors (Lipinski definition) is 3. The van der Waals surface area contributed by atoms with Crippen LogP contribution < -0.4 is 5.73 Å². The number of aryl methyl sites for hydroxylation is 3. The van der Waals surface area contributed by atoms with Crippen LogP contribution in [0.4, 0.5) is 0 Å². The van der Waals surface area contributed by atoms with E-state index >= 15 is 0 Å². The van der Waals surface area contributed by atoms with Crippen LogP contribution in [0.1, 0.15) is 35.7 Å². The molecule has 1 atom stereocenters. The van der Waals surface area contributed by atoms with E-state index in [-0.39, 0.29) is 6.04 Å². The Labute approximate surface area is 112 Å². The van der Waals surface area contributed by atoms with Crippen LogP contribution in [0.5, 0.6) is 0 Å². The van der Waals surface area contributed by atoms with Crippen molar-refractivity contribution in [2.45, 2.75) is 32.7 Å². The number of nitrogens with zero attached hydrogens (tertiary/aromatic N) is 2. The van der Waals surface area contributed by atoms with Crippen molar-refractivity contribution in [3.05, 3.63) is 40.1 Å². The zero-order valence-electron chi connectivity index (χ0n) is 10.9. The summed E-state index contributed by atoms with van der Waals surface area (Å²) in [5.41, 5.74) is 9.12. The van der Waals surface area contributed by atoms with Crippen molar-refractivity contribution in [2.75, 3.05) is 0 Å². The summed E-state index contributed by atoms with van der Waals surface area (Å²) in [4.78, 5) is 0. The minimum atomic E-state index is -0.124. The number of furan rings is 1. The lowest BCUT2D eigenvalue weighted by Crippen LogP contribution is -2.15. The van der Waals surface area contributed by atoms with Crippen LogP contribution in [0.25, 0.3) is 0 Å². The Morgan fingerprint density at radius 1 is 1.56 bits per heavy atom. The summed E-state index contributed by atoms with van der Waals surface area (Å²) in [6.45, 7) is 3.95. The minimum absolute atomic E-state index is 0.124. The monoisotopic (exact) mass is 267 g/mol. The van der Waals surface area contributed by atoms with Gasteiger partial charge in [-0.25, -0.2) is 0 Å². The second-order valence-electron chi connectivity index (χ2n) is 4.43. The van der Waals surface area contributed by atoms with E-state index in [1.54, 1.807) is 6.26 Å². The van der Waals surface area contributed by atoms with E-state index < -0.39 is 0 Å². The molecule has 0 saturated heterocycles. The maximum atomic E-state index is 6.31. The molecule has 0 radical (unpaired) electrons. The van der Waals surface area contributed by atoms with Gasteiger partial charge in [-0.2, -0.15) is 5.10 Å². The summed E-state index contributed by atoms with van der Waals surface area (Å²) in [6.07, 6.45) is 3.14. The number of rotatable bonds is 4. The lowest BCUT2D eigenvalue weighted by Gasteiger charge is -2.11. The molecule has 5 heteroatoms. The molecule has 2 aromatic rings. The van der Waals surface area contributed by atoms with Crippen LogP contribution in [0.2, 0.25) is 5.02 Å². The molecule has 4 nitrogen and oxygen atoms in total. The topological polar surface area (TPSA) is 57.0 Å². The molecule has 0 aromatic carbocycles. The first kappa shape index (κ1) is 13.2. The van der Waals surface area contributed by atoms with E-state index in [0.29, 0.717) is 6.42 Å². The molecule has 0 aliphatic rings. The fraction of sp³-hybridized carbons (Fsp3) is 0.462. The van der Waals surface area contributed by atoms with Gasteiger partial charge in [-0.15, -0.1) is 0 Å². The van der Waals surface area contributed by atoms with Gasteiger partial charge in [0.2, 0.25) is 0 Å². The lowest BCUT2D eigenvalue weighted by molar-refractivity contribution is 0.522. The maximum Gasteiger partial charge on any atom is 0.105 e. The van der Waals surface area contributed by atoms with Crippen molar-refractivity contribution >= 4 is 11.6 Å². The molecule has 18 heavy (non-hydrogen) atoms. The highest BCUT2D eigenvalue weighted by atomic mass is 35.5. The highest BCUT2D eigenvalue weighted by Gasteiger charge is 2.18. The first-order chi connectivity index (χ1) is 8.54. The predicted octanol–water partition coefficient (Wildman–Crippen LogP) is 2.78. The van der Waals surface area contributed by atoms with E-state index in [1.165, 1.54) is 0 Å². The third-order valence-electron chi connectivity index (χ3n) is 3.21. The Bertz CT molecular complexity index is 544. The van der Waals surface area contributed by atoms with Crippen molar-refractivity contribution < 1.29 is 4.42 Å². The zero-order valence-corrected chi connectivity index (χ0v) is 11.7. The summed E-state index contributed by atoms with van der Waals surface area (Å²) in [6, 6.07) is 1.78. The SMILES string of the molecule is CCc1nn(C)c(CC(N)c2ccoc2C)c1Cl. The molecule has 1 unspecified atom stereocenters. The van der Waals surface area contributed by atoms with Gasteiger partial charge in [0.05, 0.1) is 22.7 Å². The van der Waals surface area contributed by atoms with Crippen molar-refractivity contribution in [1.29, 1.82) is 0 Å². The summed E-state index contributed by atoms with van der Waals surface area (Å²) in [5, 5.41) is 5.12. The Morgan fingerprint density at radius 3 is 2.78 bits per heavy atom. The van der Waals surface area contributed by atoms with Gasteiger partial charge in [0.25, 0.3) is 0 Å². The van der Waals surface area contributed by atoms with Gasteiger partial charge in [0, 0.05) is 25.1 Å². The molecule has 0 aliphatic heterocycles. The van der Waals surface area contributed by atoms with Gasteiger partial charge in [0.15, 0.2) is 0 Å². The van der Waals surface area contributed by atoms with E-state index in [9.17, 15) is 0 Å². The predicted molar refractivity (Wildman–Crippen MR) is 71.7 cm³/mol. The molecule has 2 N–H and O–H groups in total. The number of hydrogen-bond donors (Lipinski definition) is 1. The van der Waals surface area contributed by atoms with Crippen molar-refractivity contribution in [2.24, 2.45) is 12.8 Å². The number of halogens is 1. The average Bonchev–Trinajstić information content (AvgIpc) is 2.87. The molecule has 2 aromatic heterocycles. The molecule has 0 aliphatic carbocycles. The Balaban J connectivity index is 2.24. The molecule has 0 spiro atoms. The van der Waals surface area contributed by atoms with Crippen molar-refractivity contribution in [3.63, 3.8) is 0 Å². The van der Waals surface area contributed by atoms with E-state index in [2.05, 4.69) is 5.10 Å². The third kappa shape index (κ3) is 2.31. The van der Waals surface area contributed by atoms with Crippen molar-refractivity contribution in [3.8, 4) is 0 Å². The summed E-state index contributed by atoms with van der Waals surface area (Å²) < 4.78 is 7.09. The van der Waals surface area contributed by atoms with E-state index in [1.807, 2.05) is 31.6 Å². The fourth-order valence-corrected chi connectivity index (χ4v) is 2.51. The van der Waals surface area contributed by atoms with Gasteiger partial charge < -0.3 is 10.2 Å². The first-order valence-corrected chi connectivity index (χ1v) is 6.42. The zero-order chi connectivity index (χ0) is 13.3. The summed E-state index contributed by atoms with van der Waals surface area (Å²) in [5.74, 6) is 0.858. The molecule has 0 fully saturated rings. The highest BCUT2D eigenvalue weighted by Crippen LogP contribution is 2.26. The molecule has 98 valence electrons. The highest BCUT2D eigenvalue weighted by molar-refractivity contribution is 6.31. The lowest BCUT2D eigenvalue weighted by atomic mass is 10.0. The molecule has 0 bridgehead atoms.